The molecule has 0 spiro atoms. The number of anilines is 1. The number of non-ortho nitro benzene ring substituents is 1. The quantitative estimate of drug-likeness (QED) is 0.225. The molecular formula is C21H13Cl2N3O4. The van der Waals surface area contributed by atoms with E-state index in [0.717, 1.165) is 0 Å². The molecule has 1 aromatic heterocycles. The van der Waals surface area contributed by atoms with Crippen LogP contribution in [-0.2, 0) is 4.79 Å². The number of furan rings is 1. The molecule has 1 N–H and O–H groups in total. The maximum absolute atomic E-state index is 12.5. The number of hydrogen-bond acceptors (Lipinski definition) is 5. The Kier molecular flexibility index (Phi) is 6.21. The number of nitriles is 1. The molecule has 0 unspecified atom stereocenters. The van der Waals surface area contributed by atoms with Crippen molar-refractivity contribution in [2.45, 2.75) is 6.92 Å². The van der Waals surface area contributed by atoms with Gasteiger partial charge in [-0.05, 0) is 42.8 Å². The topological polar surface area (TPSA) is 109 Å². The molecule has 9 heteroatoms. The number of nitrogens with zero attached hydrogens (tertiary/aromatic N) is 2. The molecule has 0 aliphatic heterocycles. The van der Waals surface area contributed by atoms with Gasteiger partial charge in [-0.2, -0.15) is 5.26 Å². The minimum Gasteiger partial charge on any atom is -0.457 e. The lowest BCUT2D eigenvalue weighted by molar-refractivity contribution is -0.384. The molecule has 3 aromatic rings. The number of carbonyl (C=O) groups is 1. The van der Waals surface area contributed by atoms with Gasteiger partial charge >= 0.3 is 0 Å². The highest BCUT2D eigenvalue weighted by atomic mass is 35.5. The van der Waals surface area contributed by atoms with Gasteiger partial charge in [0.1, 0.15) is 23.2 Å². The van der Waals surface area contributed by atoms with Gasteiger partial charge in [-0.3, -0.25) is 14.9 Å². The predicted molar refractivity (Wildman–Crippen MR) is 114 cm³/mol. The number of amides is 1. The molecule has 150 valence electrons. The highest BCUT2D eigenvalue weighted by Crippen LogP contribution is 2.34. The van der Waals surface area contributed by atoms with Crippen LogP contribution in [0.1, 0.15) is 11.3 Å². The molecule has 2 aromatic carbocycles. The van der Waals surface area contributed by atoms with Gasteiger partial charge in [-0.15, -0.1) is 0 Å². The van der Waals surface area contributed by atoms with Gasteiger partial charge in [-0.25, -0.2) is 0 Å². The molecule has 0 aliphatic carbocycles. The van der Waals surface area contributed by atoms with Crippen molar-refractivity contribution >= 4 is 46.6 Å². The second kappa shape index (κ2) is 8.82. The van der Waals surface area contributed by atoms with E-state index in [2.05, 4.69) is 5.32 Å². The summed E-state index contributed by atoms with van der Waals surface area (Å²) in [6.07, 6.45) is 1.29. The van der Waals surface area contributed by atoms with E-state index in [1.165, 1.54) is 24.3 Å². The standard InChI is InChI=1S/C21H13Cl2N3O4/c1-12-9-14(26(28)29)5-7-18(12)25-21(27)13(11-24)10-15-6-8-19(30-15)16-3-2-4-17(22)20(16)23/h2-10H,1H3,(H,25,27)/b13-10+. The van der Waals surface area contributed by atoms with Gasteiger partial charge in [-0.1, -0.05) is 29.3 Å². The number of hydrogen-bond donors (Lipinski definition) is 1. The summed E-state index contributed by atoms with van der Waals surface area (Å²) in [5, 5.41) is 23.5. The summed E-state index contributed by atoms with van der Waals surface area (Å²) < 4.78 is 5.68. The fourth-order valence-electron chi connectivity index (χ4n) is 2.65. The first kappa shape index (κ1) is 21.1. The molecule has 0 fully saturated rings. The molecule has 1 amide bonds. The zero-order valence-corrected chi connectivity index (χ0v) is 17.0. The van der Waals surface area contributed by atoms with Crippen molar-refractivity contribution < 1.29 is 14.1 Å². The lowest BCUT2D eigenvalue weighted by Gasteiger charge is -2.07. The van der Waals surface area contributed by atoms with Crippen LogP contribution in [0.3, 0.4) is 0 Å². The Morgan fingerprint density at radius 2 is 2.00 bits per heavy atom. The number of halogens is 2. The number of aryl methyl sites for hydroxylation is 1. The van der Waals surface area contributed by atoms with Crippen molar-refractivity contribution in [2.75, 3.05) is 5.32 Å². The molecular weight excluding hydrogens is 429 g/mol. The number of nitro benzene ring substituents is 1. The van der Waals surface area contributed by atoms with Crippen LogP contribution in [0.2, 0.25) is 10.0 Å². The zero-order chi connectivity index (χ0) is 21.8. The van der Waals surface area contributed by atoms with Gasteiger partial charge < -0.3 is 9.73 Å². The van der Waals surface area contributed by atoms with Gasteiger partial charge in [0, 0.05) is 29.5 Å². The van der Waals surface area contributed by atoms with Crippen LogP contribution in [-0.4, -0.2) is 10.8 Å². The number of nitro groups is 1. The van der Waals surface area contributed by atoms with Crippen molar-refractivity contribution in [3.05, 3.63) is 85.6 Å². The second-order valence-corrected chi connectivity index (χ2v) is 6.97. The molecule has 1 heterocycles. The van der Waals surface area contributed by atoms with E-state index in [0.29, 0.717) is 32.6 Å². The number of nitrogens with one attached hydrogen (secondary N) is 1. The summed E-state index contributed by atoms with van der Waals surface area (Å²) >= 11 is 12.2. The minimum absolute atomic E-state index is 0.0932. The average Bonchev–Trinajstić information content (AvgIpc) is 3.17. The van der Waals surface area contributed by atoms with Gasteiger partial charge in [0.05, 0.1) is 15.0 Å². The third kappa shape index (κ3) is 4.51. The molecule has 0 aliphatic rings. The van der Waals surface area contributed by atoms with Gasteiger partial charge in [0.25, 0.3) is 11.6 Å². The van der Waals surface area contributed by atoms with Crippen molar-refractivity contribution in [3.8, 4) is 17.4 Å². The Morgan fingerprint density at radius 3 is 2.67 bits per heavy atom. The van der Waals surface area contributed by atoms with Crippen LogP contribution in [0.15, 0.2) is 58.5 Å². The summed E-state index contributed by atoms with van der Waals surface area (Å²) in [5.74, 6) is 0.0269. The Morgan fingerprint density at radius 1 is 1.23 bits per heavy atom. The van der Waals surface area contributed by atoms with Gasteiger partial charge in [0.15, 0.2) is 0 Å². The van der Waals surface area contributed by atoms with Crippen LogP contribution < -0.4 is 5.32 Å². The molecule has 0 atom stereocenters. The van der Waals surface area contributed by atoms with E-state index in [-0.39, 0.29) is 17.0 Å². The first-order valence-corrected chi connectivity index (χ1v) is 9.28. The number of carbonyl (C=O) groups excluding carboxylic acids is 1. The summed E-state index contributed by atoms with van der Waals surface area (Å²) in [6, 6.07) is 14.2. The largest absolute Gasteiger partial charge is 0.457 e. The lowest BCUT2D eigenvalue weighted by Crippen LogP contribution is -2.14. The zero-order valence-electron chi connectivity index (χ0n) is 15.5. The van der Waals surface area contributed by atoms with Crippen molar-refractivity contribution in [1.82, 2.24) is 0 Å². The van der Waals surface area contributed by atoms with Crippen LogP contribution >= 0.6 is 23.2 Å². The van der Waals surface area contributed by atoms with E-state index in [1.807, 2.05) is 6.07 Å². The summed E-state index contributed by atoms with van der Waals surface area (Å²) in [6.45, 7) is 1.62. The van der Waals surface area contributed by atoms with Crippen LogP contribution in [0.5, 0.6) is 0 Å². The monoisotopic (exact) mass is 441 g/mol. The van der Waals surface area contributed by atoms with E-state index >= 15 is 0 Å². The van der Waals surface area contributed by atoms with Crippen LogP contribution in [0.4, 0.5) is 11.4 Å². The molecule has 0 bridgehead atoms. The average molecular weight is 442 g/mol. The molecule has 30 heavy (non-hydrogen) atoms. The third-order valence-electron chi connectivity index (χ3n) is 4.16. The number of benzene rings is 2. The first-order valence-electron chi connectivity index (χ1n) is 8.52. The summed E-state index contributed by atoms with van der Waals surface area (Å²) in [4.78, 5) is 22.8. The van der Waals surface area contributed by atoms with Crippen molar-refractivity contribution in [2.24, 2.45) is 0 Å². The Hall–Kier alpha value is -3.60. The molecule has 7 nitrogen and oxygen atoms in total. The highest BCUT2D eigenvalue weighted by Gasteiger charge is 2.15. The first-order chi connectivity index (χ1) is 14.3. The van der Waals surface area contributed by atoms with E-state index in [4.69, 9.17) is 27.6 Å². The maximum Gasteiger partial charge on any atom is 0.269 e. The Balaban J connectivity index is 1.83. The molecule has 0 saturated heterocycles. The fraction of sp³-hybridized carbons (Fsp3) is 0.0476. The fourth-order valence-corrected chi connectivity index (χ4v) is 3.05. The molecule has 0 saturated carbocycles. The third-order valence-corrected chi connectivity index (χ3v) is 4.98. The highest BCUT2D eigenvalue weighted by molar-refractivity contribution is 6.43. The molecule has 3 rings (SSSR count). The van der Waals surface area contributed by atoms with Crippen molar-refractivity contribution in [3.63, 3.8) is 0 Å². The minimum atomic E-state index is -0.673. The Bertz CT molecular complexity index is 1230. The van der Waals surface area contributed by atoms with Crippen LogP contribution in [0, 0.1) is 28.4 Å². The summed E-state index contributed by atoms with van der Waals surface area (Å²) in [7, 11) is 0. The predicted octanol–water partition coefficient (Wildman–Crippen LogP) is 6.02. The van der Waals surface area contributed by atoms with E-state index in [9.17, 15) is 20.2 Å². The smallest absolute Gasteiger partial charge is 0.269 e. The maximum atomic E-state index is 12.5. The Labute approximate surface area is 181 Å². The summed E-state index contributed by atoms with van der Waals surface area (Å²) in [5.41, 5.74) is 1.13. The van der Waals surface area contributed by atoms with Crippen molar-refractivity contribution in [1.29, 1.82) is 5.26 Å². The normalized spacial score (nSPS) is 11.1. The molecule has 0 radical (unpaired) electrons. The van der Waals surface area contributed by atoms with Crippen LogP contribution in [0.25, 0.3) is 17.4 Å². The van der Waals surface area contributed by atoms with E-state index < -0.39 is 10.8 Å². The lowest BCUT2D eigenvalue weighted by atomic mass is 10.1. The second-order valence-electron chi connectivity index (χ2n) is 6.18. The number of rotatable bonds is 5. The SMILES string of the molecule is Cc1cc([N+](=O)[O-])ccc1NC(=O)/C(C#N)=C/c1ccc(-c2cccc(Cl)c2Cl)o1. The van der Waals surface area contributed by atoms with E-state index in [1.54, 1.807) is 37.3 Å². The van der Waals surface area contributed by atoms with Gasteiger partial charge in [0.2, 0.25) is 0 Å².